The minimum absolute atomic E-state index is 0.138. The fraction of sp³-hybridized carbons (Fsp3) is 0.538. The first-order valence-corrected chi connectivity index (χ1v) is 7.17. The molecule has 0 aromatic carbocycles. The third kappa shape index (κ3) is 4.57. The fourth-order valence-corrected chi connectivity index (χ4v) is 2.40. The lowest BCUT2D eigenvalue weighted by atomic mass is 10.1. The summed E-state index contributed by atoms with van der Waals surface area (Å²) in [5.74, 6) is -0.458. The molecule has 0 radical (unpaired) electrons. The quantitative estimate of drug-likeness (QED) is 0.702. The van der Waals surface area contributed by atoms with Gasteiger partial charge in [0.2, 0.25) is 5.91 Å². The molecule has 0 spiro atoms. The highest BCUT2D eigenvalue weighted by molar-refractivity contribution is 8.01. The van der Waals surface area contributed by atoms with Crippen LogP contribution in [0.5, 0.6) is 0 Å². The molecule has 112 valence electrons. The summed E-state index contributed by atoms with van der Waals surface area (Å²) in [7, 11) is 0. The molecular formula is C13H20N2O4S. The maximum absolute atomic E-state index is 11.8. The molecule has 1 aromatic rings. The Hall–Kier alpha value is -1.47. The molecule has 1 rings (SSSR count). The van der Waals surface area contributed by atoms with Crippen molar-refractivity contribution in [2.45, 2.75) is 37.6 Å². The smallest absolute Gasteiger partial charge is 0.321 e. The summed E-state index contributed by atoms with van der Waals surface area (Å²) in [6.07, 6.45) is 1.54. The van der Waals surface area contributed by atoms with Gasteiger partial charge in [-0.3, -0.25) is 9.59 Å². The lowest BCUT2D eigenvalue weighted by Gasteiger charge is -2.27. The first kappa shape index (κ1) is 16.6. The minimum atomic E-state index is -1.08. The van der Waals surface area contributed by atoms with Crippen molar-refractivity contribution < 1.29 is 19.1 Å². The highest BCUT2D eigenvalue weighted by Crippen LogP contribution is 2.27. The van der Waals surface area contributed by atoms with Crippen LogP contribution in [0, 0.1) is 0 Å². The predicted octanol–water partition coefficient (Wildman–Crippen LogP) is 1.38. The summed E-state index contributed by atoms with van der Waals surface area (Å²) < 4.78 is 4.47. The number of hydrogen-bond donors (Lipinski definition) is 3. The van der Waals surface area contributed by atoms with E-state index in [0.717, 1.165) is 0 Å². The van der Waals surface area contributed by atoms with Gasteiger partial charge in [-0.05, 0) is 32.9 Å². The molecule has 0 saturated carbocycles. The number of thioether (sulfide) groups is 1. The molecule has 1 unspecified atom stereocenters. The molecule has 0 saturated heterocycles. The molecule has 0 aliphatic rings. The number of carboxylic acid groups (broad SMARTS) is 1. The lowest BCUT2D eigenvalue weighted by molar-refractivity contribution is -0.139. The van der Waals surface area contributed by atoms with E-state index in [0.29, 0.717) is 5.76 Å². The summed E-state index contributed by atoms with van der Waals surface area (Å²) in [6, 6.07) is 2.28. The molecule has 0 bridgehead atoms. The molecule has 1 aromatic heterocycles. The largest absolute Gasteiger partial charge is 0.480 e. The Morgan fingerprint density at radius 1 is 1.55 bits per heavy atom. The van der Waals surface area contributed by atoms with Crippen LogP contribution < -0.4 is 11.1 Å². The number of hydrogen-bond acceptors (Lipinski definition) is 5. The molecule has 7 heteroatoms. The number of aliphatic carboxylic acids is 1. The van der Waals surface area contributed by atoms with E-state index in [1.54, 1.807) is 32.2 Å². The van der Waals surface area contributed by atoms with Crippen molar-refractivity contribution in [3.63, 3.8) is 0 Å². The van der Waals surface area contributed by atoms with Crippen molar-refractivity contribution in [3.05, 3.63) is 24.2 Å². The van der Waals surface area contributed by atoms with Gasteiger partial charge in [0.05, 0.1) is 18.1 Å². The Morgan fingerprint density at radius 3 is 2.70 bits per heavy atom. The van der Waals surface area contributed by atoms with Gasteiger partial charge in [0.1, 0.15) is 11.8 Å². The van der Waals surface area contributed by atoms with E-state index < -0.39 is 16.8 Å². The Bertz CT molecular complexity index is 459. The summed E-state index contributed by atoms with van der Waals surface area (Å²) in [4.78, 5) is 22.7. The van der Waals surface area contributed by atoms with Crippen molar-refractivity contribution in [2.75, 3.05) is 5.75 Å². The van der Waals surface area contributed by atoms with Crippen LogP contribution in [-0.2, 0) is 9.59 Å². The highest BCUT2D eigenvalue weighted by atomic mass is 32.2. The number of carboxylic acids is 1. The van der Waals surface area contributed by atoms with E-state index in [2.05, 4.69) is 5.32 Å². The maximum Gasteiger partial charge on any atom is 0.321 e. The Balaban J connectivity index is 2.45. The third-order valence-corrected chi connectivity index (χ3v) is 4.34. The summed E-state index contributed by atoms with van der Waals surface area (Å²) in [5.41, 5.74) is 5.59. The third-order valence-electron chi connectivity index (χ3n) is 2.94. The van der Waals surface area contributed by atoms with Crippen molar-refractivity contribution in [3.8, 4) is 0 Å². The molecule has 0 aliphatic carbocycles. The van der Waals surface area contributed by atoms with Crippen molar-refractivity contribution in [2.24, 2.45) is 5.73 Å². The zero-order valence-electron chi connectivity index (χ0n) is 11.8. The number of carbonyl (C=O) groups excluding carboxylic acids is 1. The van der Waals surface area contributed by atoms with Crippen molar-refractivity contribution in [1.29, 1.82) is 0 Å². The van der Waals surface area contributed by atoms with E-state index in [-0.39, 0.29) is 17.7 Å². The van der Waals surface area contributed by atoms with Crippen LogP contribution in [0.4, 0.5) is 0 Å². The predicted molar refractivity (Wildman–Crippen MR) is 77.4 cm³/mol. The average Bonchev–Trinajstić information content (AvgIpc) is 2.89. The topological polar surface area (TPSA) is 106 Å². The first-order chi connectivity index (χ1) is 9.24. The Labute approximate surface area is 122 Å². The number of nitrogens with one attached hydrogen (secondary N) is 1. The van der Waals surface area contributed by atoms with Gasteiger partial charge in [0, 0.05) is 4.75 Å². The van der Waals surface area contributed by atoms with Gasteiger partial charge in [-0.25, -0.2) is 0 Å². The highest BCUT2D eigenvalue weighted by Gasteiger charge is 2.33. The standard InChI is InChI=1S/C13H20N2O4S/c1-8(9-5-4-6-19-9)15-10(16)7-20-13(2,3)11(14)12(17)18/h4-6,8,11H,7,14H2,1-3H3,(H,15,16)(H,17,18)/t8?,11-/m1/s1. The van der Waals surface area contributed by atoms with Crippen LogP contribution in [0.3, 0.4) is 0 Å². The molecule has 1 amide bonds. The van der Waals surface area contributed by atoms with E-state index in [4.69, 9.17) is 15.3 Å². The summed E-state index contributed by atoms with van der Waals surface area (Å²) in [6.45, 7) is 5.23. The van der Waals surface area contributed by atoms with E-state index in [1.807, 2.05) is 6.92 Å². The normalized spacial score (nSPS) is 14.6. The monoisotopic (exact) mass is 300 g/mol. The van der Waals surface area contributed by atoms with Crippen LogP contribution >= 0.6 is 11.8 Å². The number of furan rings is 1. The molecule has 2 atom stereocenters. The van der Waals surface area contributed by atoms with E-state index >= 15 is 0 Å². The van der Waals surface area contributed by atoms with E-state index in [1.165, 1.54) is 11.8 Å². The van der Waals surface area contributed by atoms with Gasteiger partial charge in [-0.1, -0.05) is 0 Å². The van der Waals surface area contributed by atoms with E-state index in [9.17, 15) is 9.59 Å². The van der Waals surface area contributed by atoms with Gasteiger partial charge in [0.15, 0.2) is 0 Å². The van der Waals surface area contributed by atoms with Gasteiger partial charge < -0.3 is 20.6 Å². The van der Waals surface area contributed by atoms with Crippen LogP contribution in [0.2, 0.25) is 0 Å². The summed E-state index contributed by atoms with van der Waals surface area (Å²) >= 11 is 1.21. The van der Waals surface area contributed by atoms with Crippen LogP contribution in [0.25, 0.3) is 0 Å². The maximum atomic E-state index is 11.8. The molecule has 20 heavy (non-hydrogen) atoms. The molecule has 1 heterocycles. The molecule has 6 nitrogen and oxygen atoms in total. The van der Waals surface area contributed by atoms with Gasteiger partial charge in [0.25, 0.3) is 0 Å². The number of amides is 1. The van der Waals surface area contributed by atoms with Crippen molar-refractivity contribution in [1.82, 2.24) is 5.32 Å². The molecular weight excluding hydrogens is 280 g/mol. The minimum Gasteiger partial charge on any atom is -0.480 e. The number of carbonyl (C=O) groups is 2. The van der Waals surface area contributed by atoms with Crippen molar-refractivity contribution >= 4 is 23.6 Å². The molecule has 4 N–H and O–H groups in total. The second-order valence-corrected chi connectivity index (χ2v) is 6.64. The Kier molecular flexibility index (Phi) is 5.64. The van der Waals surface area contributed by atoms with Crippen LogP contribution in [-0.4, -0.2) is 33.5 Å². The molecule has 0 fully saturated rings. The Morgan fingerprint density at radius 2 is 2.20 bits per heavy atom. The van der Waals surface area contributed by atoms with Gasteiger partial charge in [-0.2, -0.15) is 0 Å². The number of nitrogens with two attached hydrogens (primary N) is 1. The van der Waals surface area contributed by atoms with Gasteiger partial charge in [-0.15, -0.1) is 11.8 Å². The fourth-order valence-electron chi connectivity index (χ4n) is 1.53. The SMILES string of the molecule is CC(NC(=O)CSC(C)(C)[C@H](N)C(=O)O)c1ccco1. The zero-order chi connectivity index (χ0) is 15.3. The van der Waals surface area contributed by atoms with Crippen LogP contribution in [0.1, 0.15) is 32.6 Å². The zero-order valence-corrected chi connectivity index (χ0v) is 12.6. The average molecular weight is 300 g/mol. The second-order valence-electron chi connectivity index (χ2n) is 5.01. The van der Waals surface area contributed by atoms with Gasteiger partial charge >= 0.3 is 5.97 Å². The lowest BCUT2D eigenvalue weighted by Crippen LogP contribution is -2.47. The number of rotatable bonds is 7. The second kappa shape index (κ2) is 6.81. The summed E-state index contributed by atoms with van der Waals surface area (Å²) in [5, 5.41) is 11.7. The first-order valence-electron chi connectivity index (χ1n) is 6.19. The van der Waals surface area contributed by atoms with Crippen LogP contribution in [0.15, 0.2) is 22.8 Å². The molecule has 0 aliphatic heterocycles.